The summed E-state index contributed by atoms with van der Waals surface area (Å²) in [5.41, 5.74) is 1.32. The molecule has 3 heteroatoms. The lowest BCUT2D eigenvalue weighted by atomic mass is 9.80. The van der Waals surface area contributed by atoms with E-state index in [0.717, 1.165) is 18.7 Å². The Bertz CT molecular complexity index is 402. The van der Waals surface area contributed by atoms with Crippen molar-refractivity contribution in [2.24, 2.45) is 0 Å². The van der Waals surface area contributed by atoms with Crippen LogP contribution in [0.3, 0.4) is 0 Å². The number of nitrogens with zero attached hydrogens (tertiary/aromatic N) is 1. The smallest absolute Gasteiger partial charge is 0.138 e. The third-order valence-corrected chi connectivity index (χ3v) is 3.43. The van der Waals surface area contributed by atoms with Crippen LogP contribution in [0.1, 0.15) is 59.9 Å². The standard InChI is InChI=1S/C17H30N2O/c1-7-8-19-14(4)10-17(5,6)15-9-16(12-18-11-15)20-13(2)3/h9,11-14,19H,7-8,10H2,1-6H3. The quantitative estimate of drug-likeness (QED) is 0.782. The summed E-state index contributed by atoms with van der Waals surface area (Å²) < 4.78 is 5.74. The van der Waals surface area contributed by atoms with Crippen molar-refractivity contribution in [3.63, 3.8) is 0 Å². The second-order valence-electron chi connectivity index (χ2n) is 6.52. The number of pyridine rings is 1. The molecule has 0 saturated carbocycles. The molecule has 1 atom stereocenters. The van der Waals surface area contributed by atoms with E-state index in [-0.39, 0.29) is 11.5 Å². The summed E-state index contributed by atoms with van der Waals surface area (Å²) in [5, 5.41) is 3.55. The molecule has 1 rings (SSSR count). The highest BCUT2D eigenvalue weighted by Gasteiger charge is 2.24. The van der Waals surface area contributed by atoms with Gasteiger partial charge >= 0.3 is 0 Å². The molecular formula is C17H30N2O. The number of rotatable bonds is 8. The molecule has 20 heavy (non-hydrogen) atoms. The van der Waals surface area contributed by atoms with Crippen molar-refractivity contribution in [1.82, 2.24) is 10.3 Å². The Morgan fingerprint density at radius 3 is 2.55 bits per heavy atom. The first-order valence-corrected chi connectivity index (χ1v) is 7.70. The number of aromatic nitrogens is 1. The molecule has 0 aromatic carbocycles. The minimum atomic E-state index is 0.0868. The molecule has 0 aliphatic rings. The monoisotopic (exact) mass is 278 g/mol. The van der Waals surface area contributed by atoms with E-state index in [0.29, 0.717) is 6.04 Å². The van der Waals surface area contributed by atoms with Gasteiger partial charge in [0.2, 0.25) is 0 Å². The Labute approximate surface area is 124 Å². The van der Waals surface area contributed by atoms with Crippen molar-refractivity contribution in [1.29, 1.82) is 0 Å². The second kappa shape index (κ2) is 7.63. The van der Waals surface area contributed by atoms with Gasteiger partial charge in [-0.1, -0.05) is 20.8 Å². The molecule has 114 valence electrons. The van der Waals surface area contributed by atoms with E-state index >= 15 is 0 Å². The fourth-order valence-electron chi connectivity index (χ4n) is 2.47. The van der Waals surface area contributed by atoms with Gasteiger partial charge in [0.05, 0.1) is 12.3 Å². The summed E-state index contributed by atoms with van der Waals surface area (Å²) in [4.78, 5) is 4.33. The topological polar surface area (TPSA) is 34.2 Å². The third kappa shape index (κ3) is 5.49. The van der Waals surface area contributed by atoms with Crippen molar-refractivity contribution < 1.29 is 4.74 Å². The number of ether oxygens (including phenoxy) is 1. The first-order chi connectivity index (χ1) is 9.35. The number of hydrogen-bond donors (Lipinski definition) is 1. The predicted molar refractivity (Wildman–Crippen MR) is 85.4 cm³/mol. The molecule has 1 aromatic heterocycles. The molecule has 0 aliphatic heterocycles. The van der Waals surface area contributed by atoms with Crippen molar-refractivity contribution in [2.45, 2.75) is 71.9 Å². The van der Waals surface area contributed by atoms with Crippen LogP contribution in [0.2, 0.25) is 0 Å². The Hall–Kier alpha value is -1.09. The van der Waals surface area contributed by atoms with Crippen LogP contribution in [0.4, 0.5) is 0 Å². The van der Waals surface area contributed by atoms with Crippen LogP contribution in [-0.2, 0) is 5.41 Å². The summed E-state index contributed by atoms with van der Waals surface area (Å²) >= 11 is 0. The van der Waals surface area contributed by atoms with Crippen LogP contribution in [-0.4, -0.2) is 23.7 Å². The van der Waals surface area contributed by atoms with Gasteiger partial charge in [-0.2, -0.15) is 0 Å². The van der Waals surface area contributed by atoms with Crippen molar-refractivity contribution >= 4 is 0 Å². The Morgan fingerprint density at radius 2 is 1.95 bits per heavy atom. The van der Waals surface area contributed by atoms with Gasteiger partial charge < -0.3 is 10.1 Å². The Morgan fingerprint density at radius 1 is 1.25 bits per heavy atom. The molecule has 0 fully saturated rings. The summed E-state index contributed by atoms with van der Waals surface area (Å²) in [5.74, 6) is 0.861. The van der Waals surface area contributed by atoms with Gasteiger partial charge in [-0.15, -0.1) is 0 Å². The Kier molecular flexibility index (Phi) is 6.47. The summed E-state index contributed by atoms with van der Waals surface area (Å²) in [6, 6.07) is 2.62. The van der Waals surface area contributed by atoms with E-state index in [1.165, 1.54) is 12.0 Å². The average Bonchev–Trinajstić information content (AvgIpc) is 2.35. The molecule has 0 spiro atoms. The van der Waals surface area contributed by atoms with Gasteiger partial charge in [-0.25, -0.2) is 0 Å². The zero-order valence-electron chi connectivity index (χ0n) is 13.9. The maximum atomic E-state index is 5.74. The van der Waals surface area contributed by atoms with Crippen LogP contribution in [0.25, 0.3) is 0 Å². The van der Waals surface area contributed by atoms with Gasteiger partial charge in [0.25, 0.3) is 0 Å². The van der Waals surface area contributed by atoms with Crippen molar-refractivity contribution in [2.75, 3.05) is 6.54 Å². The molecule has 1 heterocycles. The van der Waals surface area contributed by atoms with E-state index < -0.39 is 0 Å². The van der Waals surface area contributed by atoms with Crippen LogP contribution in [0.5, 0.6) is 5.75 Å². The lowest BCUT2D eigenvalue weighted by molar-refractivity contribution is 0.240. The molecule has 0 amide bonds. The molecule has 0 bridgehead atoms. The van der Waals surface area contributed by atoms with E-state index in [4.69, 9.17) is 4.74 Å². The summed E-state index contributed by atoms with van der Waals surface area (Å²) in [6.45, 7) is 14.1. The highest BCUT2D eigenvalue weighted by Crippen LogP contribution is 2.30. The van der Waals surface area contributed by atoms with Gasteiger partial charge in [-0.3, -0.25) is 4.98 Å². The zero-order valence-corrected chi connectivity index (χ0v) is 13.9. The normalized spacial score (nSPS) is 13.6. The first-order valence-electron chi connectivity index (χ1n) is 7.70. The SMILES string of the molecule is CCCNC(C)CC(C)(C)c1cncc(OC(C)C)c1. The largest absolute Gasteiger partial charge is 0.489 e. The third-order valence-electron chi connectivity index (χ3n) is 3.43. The van der Waals surface area contributed by atoms with E-state index in [1.54, 1.807) is 6.20 Å². The lowest BCUT2D eigenvalue weighted by Crippen LogP contribution is -2.33. The summed E-state index contributed by atoms with van der Waals surface area (Å²) in [7, 11) is 0. The molecule has 0 aliphatic carbocycles. The van der Waals surface area contributed by atoms with Crippen molar-refractivity contribution in [3.05, 3.63) is 24.0 Å². The molecule has 1 unspecified atom stereocenters. The highest BCUT2D eigenvalue weighted by molar-refractivity contribution is 5.29. The van der Waals surface area contributed by atoms with Crippen molar-refractivity contribution in [3.8, 4) is 5.75 Å². The fraction of sp³-hybridized carbons (Fsp3) is 0.706. The highest BCUT2D eigenvalue weighted by atomic mass is 16.5. The number of nitrogens with one attached hydrogen (secondary N) is 1. The second-order valence-corrected chi connectivity index (χ2v) is 6.52. The van der Waals surface area contributed by atoms with Crippen LogP contribution >= 0.6 is 0 Å². The lowest BCUT2D eigenvalue weighted by Gasteiger charge is -2.29. The minimum absolute atomic E-state index is 0.0868. The van der Waals surface area contributed by atoms with Gasteiger partial charge in [0.15, 0.2) is 0 Å². The van der Waals surface area contributed by atoms with Gasteiger partial charge in [0.1, 0.15) is 5.75 Å². The van der Waals surface area contributed by atoms with E-state index in [1.807, 2.05) is 20.0 Å². The van der Waals surface area contributed by atoms with Gasteiger partial charge in [-0.05, 0) is 57.2 Å². The molecule has 1 aromatic rings. The van der Waals surface area contributed by atoms with E-state index in [9.17, 15) is 0 Å². The summed E-state index contributed by atoms with van der Waals surface area (Å²) in [6.07, 6.45) is 6.18. The molecule has 3 nitrogen and oxygen atoms in total. The molecule has 0 radical (unpaired) electrons. The maximum absolute atomic E-state index is 5.74. The maximum Gasteiger partial charge on any atom is 0.138 e. The minimum Gasteiger partial charge on any atom is -0.489 e. The zero-order chi connectivity index (χ0) is 15.2. The van der Waals surface area contributed by atoms with Crippen LogP contribution in [0, 0.1) is 0 Å². The molecule has 1 N–H and O–H groups in total. The number of hydrogen-bond acceptors (Lipinski definition) is 3. The first kappa shape index (κ1) is 17.0. The fourth-order valence-corrected chi connectivity index (χ4v) is 2.47. The molecule has 0 saturated heterocycles. The predicted octanol–water partition coefficient (Wildman–Crippen LogP) is 3.92. The Balaban J connectivity index is 2.75. The average molecular weight is 278 g/mol. The molecular weight excluding hydrogens is 248 g/mol. The van der Waals surface area contributed by atoms with Crippen LogP contribution < -0.4 is 10.1 Å². The van der Waals surface area contributed by atoms with E-state index in [2.05, 4.69) is 44.1 Å². The van der Waals surface area contributed by atoms with Gasteiger partial charge in [0, 0.05) is 12.2 Å². The van der Waals surface area contributed by atoms with Crippen LogP contribution in [0.15, 0.2) is 18.5 Å².